The van der Waals surface area contributed by atoms with Crippen molar-refractivity contribution in [1.29, 1.82) is 0 Å². The van der Waals surface area contributed by atoms with Gasteiger partial charge in [0.25, 0.3) is 0 Å². The van der Waals surface area contributed by atoms with Gasteiger partial charge in [0.05, 0.1) is 17.9 Å². The van der Waals surface area contributed by atoms with Crippen LogP contribution in [0.2, 0.25) is 0 Å². The fourth-order valence-corrected chi connectivity index (χ4v) is 3.29. The first-order valence-corrected chi connectivity index (χ1v) is 7.28. The van der Waals surface area contributed by atoms with Gasteiger partial charge in [-0.3, -0.25) is 9.59 Å². The van der Waals surface area contributed by atoms with E-state index in [9.17, 15) is 9.59 Å². The number of aryl methyl sites for hydroxylation is 1. The van der Waals surface area contributed by atoms with Crippen molar-refractivity contribution in [3.05, 3.63) is 35.4 Å². The van der Waals surface area contributed by atoms with Gasteiger partial charge in [0.15, 0.2) is 0 Å². The second kappa shape index (κ2) is 5.27. The summed E-state index contributed by atoms with van der Waals surface area (Å²) in [6, 6.07) is 8.23. The van der Waals surface area contributed by atoms with E-state index in [0.717, 1.165) is 19.3 Å². The lowest BCUT2D eigenvalue weighted by atomic mass is 9.73. The number of carbonyl (C=O) groups is 2. The van der Waals surface area contributed by atoms with Gasteiger partial charge in [0.2, 0.25) is 5.91 Å². The molecule has 1 aromatic rings. The molecule has 2 aliphatic carbocycles. The molecule has 0 saturated heterocycles. The van der Waals surface area contributed by atoms with Crippen molar-refractivity contribution < 1.29 is 14.7 Å². The zero-order valence-corrected chi connectivity index (χ0v) is 11.3. The Hall–Kier alpha value is -1.84. The van der Waals surface area contributed by atoms with Crippen molar-refractivity contribution in [3.63, 3.8) is 0 Å². The second-order valence-corrected chi connectivity index (χ2v) is 5.78. The molecule has 3 rings (SSSR count). The van der Waals surface area contributed by atoms with Crippen LogP contribution < -0.4 is 5.32 Å². The topological polar surface area (TPSA) is 66.4 Å². The first-order chi connectivity index (χ1) is 9.66. The van der Waals surface area contributed by atoms with Crippen molar-refractivity contribution in [2.75, 3.05) is 0 Å². The molecule has 1 saturated carbocycles. The third-order valence-electron chi connectivity index (χ3n) is 4.61. The Kier molecular flexibility index (Phi) is 3.47. The van der Waals surface area contributed by atoms with Crippen LogP contribution in [-0.2, 0) is 16.0 Å². The number of carboxylic acids is 1. The van der Waals surface area contributed by atoms with Gasteiger partial charge >= 0.3 is 5.97 Å². The third-order valence-corrected chi connectivity index (χ3v) is 4.61. The summed E-state index contributed by atoms with van der Waals surface area (Å²) >= 11 is 0. The van der Waals surface area contributed by atoms with Crippen LogP contribution in [0, 0.1) is 11.8 Å². The first-order valence-electron chi connectivity index (χ1n) is 7.28. The molecule has 0 bridgehead atoms. The number of hydrogen-bond acceptors (Lipinski definition) is 2. The summed E-state index contributed by atoms with van der Waals surface area (Å²) in [5.41, 5.74) is 2.49. The van der Waals surface area contributed by atoms with Crippen LogP contribution in [0.5, 0.6) is 0 Å². The fraction of sp³-hybridized carbons (Fsp3) is 0.500. The average Bonchev–Trinajstić information content (AvgIpc) is 2.37. The Morgan fingerprint density at radius 3 is 2.55 bits per heavy atom. The quantitative estimate of drug-likeness (QED) is 0.888. The highest BCUT2D eigenvalue weighted by Gasteiger charge is 2.42. The molecule has 3 unspecified atom stereocenters. The van der Waals surface area contributed by atoms with Gasteiger partial charge in [-0.05, 0) is 43.2 Å². The van der Waals surface area contributed by atoms with E-state index >= 15 is 0 Å². The Balaban J connectivity index is 1.70. The van der Waals surface area contributed by atoms with Gasteiger partial charge < -0.3 is 10.4 Å². The van der Waals surface area contributed by atoms with E-state index < -0.39 is 11.9 Å². The molecule has 0 spiro atoms. The van der Waals surface area contributed by atoms with Crippen LogP contribution >= 0.6 is 0 Å². The van der Waals surface area contributed by atoms with Crippen molar-refractivity contribution >= 4 is 11.9 Å². The molecular formula is C16H19NO3. The van der Waals surface area contributed by atoms with Gasteiger partial charge in [-0.25, -0.2) is 0 Å². The molecule has 20 heavy (non-hydrogen) atoms. The van der Waals surface area contributed by atoms with Crippen LogP contribution in [0.25, 0.3) is 0 Å². The maximum atomic E-state index is 12.2. The second-order valence-electron chi connectivity index (χ2n) is 5.78. The van der Waals surface area contributed by atoms with Gasteiger partial charge in [0.1, 0.15) is 0 Å². The molecule has 0 aromatic heterocycles. The van der Waals surface area contributed by atoms with Gasteiger partial charge in [-0.2, -0.15) is 0 Å². The molecule has 2 N–H and O–H groups in total. The van der Waals surface area contributed by atoms with E-state index in [1.165, 1.54) is 11.1 Å². The zero-order valence-electron chi connectivity index (χ0n) is 11.3. The number of aliphatic carboxylic acids is 1. The summed E-state index contributed by atoms with van der Waals surface area (Å²) in [6.07, 6.45) is 4.37. The minimum absolute atomic E-state index is 0.0440. The van der Waals surface area contributed by atoms with Crippen molar-refractivity contribution in [3.8, 4) is 0 Å². The van der Waals surface area contributed by atoms with E-state index in [1.54, 1.807) is 0 Å². The molecule has 0 aliphatic heterocycles. The smallest absolute Gasteiger partial charge is 0.307 e. The number of carbonyl (C=O) groups excluding carboxylic acids is 1. The molecule has 2 aliphatic rings. The minimum atomic E-state index is -0.847. The molecule has 4 nitrogen and oxygen atoms in total. The van der Waals surface area contributed by atoms with Crippen molar-refractivity contribution in [2.45, 2.75) is 38.1 Å². The number of amides is 1. The number of rotatable bonds is 3. The molecule has 106 valence electrons. The molecule has 0 heterocycles. The molecule has 1 amide bonds. The summed E-state index contributed by atoms with van der Waals surface area (Å²) in [6.45, 7) is 0. The van der Waals surface area contributed by atoms with Crippen molar-refractivity contribution in [2.24, 2.45) is 11.8 Å². The summed E-state index contributed by atoms with van der Waals surface area (Å²) in [4.78, 5) is 23.3. The molecule has 4 heteroatoms. The monoisotopic (exact) mass is 273 g/mol. The highest BCUT2D eigenvalue weighted by atomic mass is 16.4. The number of carboxylic acid groups (broad SMARTS) is 1. The average molecular weight is 273 g/mol. The lowest BCUT2D eigenvalue weighted by Gasteiger charge is -2.34. The maximum absolute atomic E-state index is 12.2. The summed E-state index contributed by atoms with van der Waals surface area (Å²) in [5, 5.41) is 12.1. The van der Waals surface area contributed by atoms with Gasteiger partial charge in [0, 0.05) is 0 Å². The minimum Gasteiger partial charge on any atom is -0.481 e. The van der Waals surface area contributed by atoms with E-state index in [4.69, 9.17) is 5.11 Å². The van der Waals surface area contributed by atoms with Crippen LogP contribution in [0.4, 0.5) is 0 Å². The number of benzene rings is 1. The Morgan fingerprint density at radius 1 is 1.10 bits per heavy atom. The SMILES string of the molecule is O=C(O)C1CCC1C(=O)NC1CCCc2ccccc21. The van der Waals surface area contributed by atoms with Crippen LogP contribution in [-0.4, -0.2) is 17.0 Å². The molecule has 0 radical (unpaired) electrons. The van der Waals surface area contributed by atoms with Crippen LogP contribution in [0.1, 0.15) is 42.9 Å². The fourth-order valence-electron chi connectivity index (χ4n) is 3.29. The first kappa shape index (κ1) is 13.2. The highest BCUT2D eigenvalue weighted by molar-refractivity contribution is 5.86. The summed E-state index contributed by atoms with van der Waals surface area (Å²) < 4.78 is 0. The van der Waals surface area contributed by atoms with E-state index in [-0.39, 0.29) is 17.9 Å². The Morgan fingerprint density at radius 2 is 1.85 bits per heavy atom. The van der Waals surface area contributed by atoms with Crippen LogP contribution in [0.3, 0.4) is 0 Å². The lowest BCUT2D eigenvalue weighted by molar-refractivity contribution is -0.153. The number of fused-ring (bicyclic) bond motifs is 1. The Labute approximate surface area is 118 Å². The van der Waals surface area contributed by atoms with E-state index in [1.807, 2.05) is 12.1 Å². The molecular weight excluding hydrogens is 254 g/mol. The maximum Gasteiger partial charge on any atom is 0.307 e. The van der Waals surface area contributed by atoms with E-state index in [2.05, 4.69) is 17.4 Å². The third kappa shape index (κ3) is 2.30. The predicted octanol–water partition coefficient (Wildman–Crippen LogP) is 2.29. The van der Waals surface area contributed by atoms with E-state index in [0.29, 0.717) is 12.8 Å². The number of hydrogen-bond donors (Lipinski definition) is 2. The molecule has 3 atom stereocenters. The van der Waals surface area contributed by atoms with Gasteiger partial charge in [-0.15, -0.1) is 0 Å². The lowest BCUT2D eigenvalue weighted by Crippen LogP contribution is -2.45. The summed E-state index contributed by atoms with van der Waals surface area (Å²) in [7, 11) is 0. The van der Waals surface area contributed by atoms with Crippen LogP contribution in [0.15, 0.2) is 24.3 Å². The summed E-state index contributed by atoms with van der Waals surface area (Å²) in [5.74, 6) is -1.78. The predicted molar refractivity (Wildman–Crippen MR) is 74.1 cm³/mol. The highest BCUT2D eigenvalue weighted by Crippen LogP contribution is 2.36. The standard InChI is InChI=1S/C16H19NO3/c18-15(12-8-9-13(12)16(19)20)17-14-7-3-5-10-4-1-2-6-11(10)14/h1-2,4,6,12-14H,3,5,7-9H2,(H,17,18)(H,19,20). The number of nitrogens with one attached hydrogen (secondary N) is 1. The van der Waals surface area contributed by atoms with Crippen molar-refractivity contribution in [1.82, 2.24) is 5.32 Å². The normalized spacial score (nSPS) is 28.1. The molecule has 1 fully saturated rings. The Bertz CT molecular complexity index is 540. The van der Waals surface area contributed by atoms with Gasteiger partial charge in [-0.1, -0.05) is 24.3 Å². The zero-order chi connectivity index (χ0) is 14.1. The molecule has 1 aromatic carbocycles. The largest absolute Gasteiger partial charge is 0.481 e.